The van der Waals surface area contributed by atoms with Crippen molar-refractivity contribution in [2.24, 2.45) is 5.73 Å². The van der Waals surface area contributed by atoms with Gasteiger partial charge in [0.1, 0.15) is 0 Å². The first kappa shape index (κ1) is 15.0. The van der Waals surface area contributed by atoms with Gasteiger partial charge in [0.2, 0.25) is 10.0 Å². The van der Waals surface area contributed by atoms with E-state index >= 15 is 0 Å². The molecule has 1 aliphatic heterocycles. The minimum Gasteiger partial charge on any atom is -0.375 e. The zero-order valence-corrected chi connectivity index (χ0v) is 13.1. The molecule has 5 nitrogen and oxygen atoms in total. The standard InChI is InChI=1S/C15H22N2O3S/c1-11(16)12-5-7-13(8-6-12)21(18,19)17-9-10-20-15-4-2-3-14(15)17/h5-8,11,14-15H,2-4,9-10,16H2,1H3. The second kappa shape index (κ2) is 5.68. The van der Waals surface area contributed by atoms with Gasteiger partial charge < -0.3 is 10.5 Å². The van der Waals surface area contributed by atoms with Crippen molar-refractivity contribution in [1.29, 1.82) is 0 Å². The number of ether oxygens (including phenoxy) is 1. The first-order valence-electron chi connectivity index (χ1n) is 7.49. The van der Waals surface area contributed by atoms with Crippen LogP contribution in [-0.4, -0.2) is 38.0 Å². The first-order valence-corrected chi connectivity index (χ1v) is 8.93. The zero-order valence-electron chi connectivity index (χ0n) is 12.2. The lowest BCUT2D eigenvalue weighted by molar-refractivity contribution is -0.0241. The maximum atomic E-state index is 12.9. The van der Waals surface area contributed by atoms with Crippen LogP contribution in [-0.2, 0) is 14.8 Å². The van der Waals surface area contributed by atoms with Crippen LogP contribution >= 0.6 is 0 Å². The Labute approximate surface area is 126 Å². The third kappa shape index (κ3) is 2.73. The van der Waals surface area contributed by atoms with Gasteiger partial charge >= 0.3 is 0 Å². The minimum absolute atomic E-state index is 0.00291. The molecule has 21 heavy (non-hydrogen) atoms. The van der Waals surface area contributed by atoms with Gasteiger partial charge in [-0.1, -0.05) is 12.1 Å². The third-order valence-corrected chi connectivity index (χ3v) is 6.38. The predicted octanol–water partition coefficient (Wildman–Crippen LogP) is 1.65. The number of hydrogen-bond donors (Lipinski definition) is 1. The molecule has 1 heterocycles. The molecule has 2 N–H and O–H groups in total. The van der Waals surface area contributed by atoms with E-state index < -0.39 is 10.0 Å². The van der Waals surface area contributed by atoms with Gasteiger partial charge in [-0.25, -0.2) is 8.42 Å². The third-order valence-electron chi connectivity index (χ3n) is 4.44. The Morgan fingerprint density at radius 1 is 1.29 bits per heavy atom. The molecule has 1 aromatic carbocycles. The Kier molecular flexibility index (Phi) is 4.05. The summed E-state index contributed by atoms with van der Waals surface area (Å²) < 4.78 is 33.0. The fraction of sp³-hybridized carbons (Fsp3) is 0.600. The summed E-state index contributed by atoms with van der Waals surface area (Å²) in [7, 11) is -3.45. The lowest BCUT2D eigenvalue weighted by Gasteiger charge is -2.36. The van der Waals surface area contributed by atoms with Gasteiger partial charge in [-0.05, 0) is 43.9 Å². The molecule has 3 atom stereocenters. The molecule has 3 unspecified atom stereocenters. The van der Waals surface area contributed by atoms with Crippen molar-refractivity contribution in [3.8, 4) is 0 Å². The van der Waals surface area contributed by atoms with E-state index in [-0.39, 0.29) is 18.2 Å². The monoisotopic (exact) mass is 310 g/mol. The number of nitrogens with two attached hydrogens (primary N) is 1. The molecular weight excluding hydrogens is 288 g/mol. The van der Waals surface area contributed by atoms with Gasteiger partial charge in [0, 0.05) is 12.6 Å². The van der Waals surface area contributed by atoms with E-state index in [4.69, 9.17) is 10.5 Å². The average molecular weight is 310 g/mol. The highest BCUT2D eigenvalue weighted by Gasteiger charge is 2.42. The highest BCUT2D eigenvalue weighted by atomic mass is 32.2. The minimum atomic E-state index is -3.45. The summed E-state index contributed by atoms with van der Waals surface area (Å²) in [6.45, 7) is 2.81. The van der Waals surface area contributed by atoms with Crippen molar-refractivity contribution in [1.82, 2.24) is 4.31 Å². The van der Waals surface area contributed by atoms with Crippen LogP contribution in [0.25, 0.3) is 0 Å². The van der Waals surface area contributed by atoms with Crippen molar-refractivity contribution in [2.45, 2.75) is 49.3 Å². The molecule has 0 aromatic heterocycles. The smallest absolute Gasteiger partial charge is 0.243 e. The molecule has 1 aliphatic carbocycles. The Balaban J connectivity index is 1.88. The number of nitrogens with zero attached hydrogens (tertiary/aromatic N) is 1. The molecule has 2 fully saturated rings. The molecule has 0 spiro atoms. The average Bonchev–Trinajstić information content (AvgIpc) is 2.95. The summed E-state index contributed by atoms with van der Waals surface area (Å²) >= 11 is 0. The van der Waals surface area contributed by atoms with Crippen LogP contribution in [0, 0.1) is 0 Å². The van der Waals surface area contributed by atoms with Gasteiger partial charge in [0.05, 0.1) is 23.6 Å². The molecule has 3 rings (SSSR count). The maximum Gasteiger partial charge on any atom is 0.243 e. The molecule has 0 amide bonds. The summed E-state index contributed by atoms with van der Waals surface area (Å²) in [6, 6.07) is 6.82. The molecule has 116 valence electrons. The SMILES string of the molecule is CC(N)c1ccc(S(=O)(=O)N2CCOC3CCCC32)cc1. The molecule has 1 saturated heterocycles. The van der Waals surface area contributed by atoms with Crippen LogP contribution in [0.3, 0.4) is 0 Å². The lowest BCUT2D eigenvalue weighted by Crippen LogP contribution is -2.51. The van der Waals surface area contributed by atoms with Crippen molar-refractivity contribution in [3.63, 3.8) is 0 Å². The van der Waals surface area contributed by atoms with Gasteiger partial charge in [-0.3, -0.25) is 0 Å². The van der Waals surface area contributed by atoms with Crippen LogP contribution < -0.4 is 5.73 Å². The number of fused-ring (bicyclic) bond motifs is 1. The van der Waals surface area contributed by atoms with Gasteiger partial charge in [0.15, 0.2) is 0 Å². The summed E-state index contributed by atoms with van der Waals surface area (Å²) in [5.41, 5.74) is 6.75. The van der Waals surface area contributed by atoms with E-state index in [2.05, 4.69) is 0 Å². The highest BCUT2D eigenvalue weighted by Crippen LogP contribution is 2.33. The fourth-order valence-corrected chi connectivity index (χ4v) is 4.93. The maximum absolute atomic E-state index is 12.9. The summed E-state index contributed by atoms with van der Waals surface area (Å²) in [4.78, 5) is 0.347. The van der Waals surface area contributed by atoms with E-state index in [1.165, 1.54) is 0 Å². The van der Waals surface area contributed by atoms with Gasteiger partial charge in [-0.15, -0.1) is 0 Å². The Hall–Kier alpha value is -0.950. The summed E-state index contributed by atoms with van der Waals surface area (Å²) in [5, 5.41) is 0. The van der Waals surface area contributed by atoms with Crippen molar-refractivity contribution in [2.75, 3.05) is 13.2 Å². The summed E-state index contributed by atoms with van der Waals surface area (Å²) in [5.74, 6) is 0. The van der Waals surface area contributed by atoms with Crippen LogP contribution in [0.2, 0.25) is 0 Å². The van der Waals surface area contributed by atoms with Crippen LogP contribution in [0.5, 0.6) is 0 Å². The zero-order chi connectivity index (χ0) is 15.0. The Morgan fingerprint density at radius 3 is 2.67 bits per heavy atom. The van der Waals surface area contributed by atoms with Crippen LogP contribution in [0.4, 0.5) is 0 Å². The van der Waals surface area contributed by atoms with E-state index in [0.29, 0.717) is 18.0 Å². The summed E-state index contributed by atoms with van der Waals surface area (Å²) in [6.07, 6.45) is 2.95. The van der Waals surface area contributed by atoms with E-state index in [0.717, 1.165) is 24.8 Å². The molecule has 1 saturated carbocycles. The number of hydrogen-bond acceptors (Lipinski definition) is 4. The fourth-order valence-electron chi connectivity index (χ4n) is 3.27. The van der Waals surface area contributed by atoms with Crippen molar-refractivity contribution < 1.29 is 13.2 Å². The van der Waals surface area contributed by atoms with Crippen LogP contribution in [0.15, 0.2) is 29.2 Å². The van der Waals surface area contributed by atoms with E-state index in [1.54, 1.807) is 28.6 Å². The highest BCUT2D eigenvalue weighted by molar-refractivity contribution is 7.89. The Morgan fingerprint density at radius 2 is 2.00 bits per heavy atom. The van der Waals surface area contributed by atoms with E-state index in [1.807, 2.05) is 6.92 Å². The first-order chi connectivity index (χ1) is 10.00. The molecule has 0 bridgehead atoms. The van der Waals surface area contributed by atoms with Gasteiger partial charge in [0.25, 0.3) is 0 Å². The number of benzene rings is 1. The molecule has 1 aromatic rings. The molecular formula is C15H22N2O3S. The van der Waals surface area contributed by atoms with Crippen LogP contribution in [0.1, 0.15) is 37.8 Å². The number of sulfonamides is 1. The number of rotatable bonds is 3. The topological polar surface area (TPSA) is 72.6 Å². The largest absolute Gasteiger partial charge is 0.375 e. The predicted molar refractivity (Wildman–Crippen MR) is 80.3 cm³/mol. The second-order valence-corrected chi connectivity index (χ2v) is 7.77. The van der Waals surface area contributed by atoms with Crippen molar-refractivity contribution >= 4 is 10.0 Å². The van der Waals surface area contributed by atoms with Crippen molar-refractivity contribution in [3.05, 3.63) is 29.8 Å². The van der Waals surface area contributed by atoms with Gasteiger partial charge in [-0.2, -0.15) is 4.31 Å². The Bertz CT molecular complexity index is 598. The molecule has 6 heteroatoms. The quantitative estimate of drug-likeness (QED) is 0.921. The second-order valence-electron chi connectivity index (χ2n) is 5.88. The lowest BCUT2D eigenvalue weighted by atomic mass is 10.1. The normalized spacial score (nSPS) is 28.3. The molecule has 0 radical (unpaired) electrons. The van der Waals surface area contributed by atoms with E-state index in [9.17, 15) is 8.42 Å². The number of morpholine rings is 1. The molecule has 2 aliphatic rings.